The molecule has 0 N–H and O–H groups in total. The van der Waals surface area contributed by atoms with Gasteiger partial charge >= 0.3 is 11.9 Å². The van der Waals surface area contributed by atoms with E-state index in [1.54, 1.807) is 13.8 Å². The van der Waals surface area contributed by atoms with Crippen LogP contribution < -0.4 is 0 Å². The van der Waals surface area contributed by atoms with Crippen molar-refractivity contribution in [3.63, 3.8) is 0 Å². The van der Waals surface area contributed by atoms with E-state index in [1.807, 2.05) is 37.3 Å². The van der Waals surface area contributed by atoms with Gasteiger partial charge < -0.3 is 9.47 Å². The zero-order valence-corrected chi connectivity index (χ0v) is 15.2. The van der Waals surface area contributed by atoms with Crippen LogP contribution in [-0.4, -0.2) is 35.6 Å². The van der Waals surface area contributed by atoms with Gasteiger partial charge in [-0.25, -0.2) is 9.59 Å². The Morgan fingerprint density at radius 2 is 1.38 bits per heavy atom. The highest BCUT2D eigenvalue weighted by molar-refractivity contribution is 6.04. The van der Waals surface area contributed by atoms with Crippen molar-refractivity contribution in [2.45, 2.75) is 33.1 Å². The standard InChI is InChI=1S/C20H23NO5/c1-4-15(14-10-8-7-9-11-14)18(22)21-12-16(19(23)25-5-2)17(13-21)20(24)26-6-3/h7-13,15H,4-6H2,1-3H3. The fourth-order valence-corrected chi connectivity index (χ4v) is 2.74. The molecule has 2 aromatic rings. The van der Waals surface area contributed by atoms with Crippen LogP contribution in [-0.2, 0) is 9.47 Å². The minimum Gasteiger partial charge on any atom is -0.462 e. The molecular formula is C20H23NO5. The summed E-state index contributed by atoms with van der Waals surface area (Å²) in [5, 5.41) is 0. The first-order valence-corrected chi connectivity index (χ1v) is 8.68. The van der Waals surface area contributed by atoms with Crippen LogP contribution in [0.15, 0.2) is 42.7 Å². The highest BCUT2D eigenvalue weighted by Gasteiger charge is 2.27. The van der Waals surface area contributed by atoms with E-state index in [1.165, 1.54) is 17.0 Å². The van der Waals surface area contributed by atoms with Gasteiger partial charge in [-0.05, 0) is 25.8 Å². The first kappa shape index (κ1) is 19.4. The van der Waals surface area contributed by atoms with Gasteiger partial charge in [0.1, 0.15) is 0 Å². The Kier molecular flexibility index (Phi) is 6.72. The summed E-state index contributed by atoms with van der Waals surface area (Å²) in [6.45, 7) is 5.60. The number of aromatic nitrogens is 1. The molecule has 1 aromatic carbocycles. The van der Waals surface area contributed by atoms with E-state index in [-0.39, 0.29) is 36.2 Å². The predicted octanol–water partition coefficient (Wildman–Crippen LogP) is 3.68. The van der Waals surface area contributed by atoms with Crippen molar-refractivity contribution in [1.29, 1.82) is 0 Å². The lowest BCUT2D eigenvalue weighted by atomic mass is 9.95. The molecule has 1 unspecified atom stereocenters. The van der Waals surface area contributed by atoms with Crippen molar-refractivity contribution in [2.75, 3.05) is 13.2 Å². The van der Waals surface area contributed by atoms with Crippen molar-refractivity contribution in [1.82, 2.24) is 4.57 Å². The van der Waals surface area contributed by atoms with Gasteiger partial charge in [0.2, 0.25) is 5.91 Å². The molecule has 0 saturated carbocycles. The predicted molar refractivity (Wildman–Crippen MR) is 96.4 cm³/mol. The first-order chi connectivity index (χ1) is 12.5. The first-order valence-electron chi connectivity index (χ1n) is 8.68. The number of esters is 2. The van der Waals surface area contributed by atoms with Crippen molar-refractivity contribution in [2.24, 2.45) is 0 Å². The quantitative estimate of drug-likeness (QED) is 0.707. The summed E-state index contributed by atoms with van der Waals surface area (Å²) in [4.78, 5) is 37.3. The number of hydrogen-bond acceptors (Lipinski definition) is 5. The molecule has 2 rings (SSSR count). The van der Waals surface area contributed by atoms with Gasteiger partial charge in [-0.2, -0.15) is 0 Å². The summed E-state index contributed by atoms with van der Waals surface area (Å²) in [5.74, 6) is -1.92. The molecule has 0 aliphatic rings. The molecule has 0 aliphatic heterocycles. The van der Waals surface area contributed by atoms with Crippen molar-refractivity contribution >= 4 is 17.8 Å². The third-order valence-corrected chi connectivity index (χ3v) is 3.98. The number of rotatable bonds is 7. The molecule has 6 nitrogen and oxygen atoms in total. The van der Waals surface area contributed by atoms with E-state index in [9.17, 15) is 14.4 Å². The van der Waals surface area contributed by atoms with Crippen LogP contribution in [0.2, 0.25) is 0 Å². The van der Waals surface area contributed by atoms with Crippen molar-refractivity contribution in [3.05, 3.63) is 59.4 Å². The lowest BCUT2D eigenvalue weighted by Gasteiger charge is -2.14. The fourth-order valence-electron chi connectivity index (χ4n) is 2.74. The number of benzene rings is 1. The van der Waals surface area contributed by atoms with Gasteiger partial charge in [0.25, 0.3) is 0 Å². The zero-order valence-electron chi connectivity index (χ0n) is 15.2. The monoisotopic (exact) mass is 357 g/mol. The summed E-state index contributed by atoms with van der Waals surface area (Å²) >= 11 is 0. The molecule has 0 bridgehead atoms. The van der Waals surface area contributed by atoms with Gasteiger partial charge in [0.15, 0.2) is 0 Å². The molecule has 0 fully saturated rings. The van der Waals surface area contributed by atoms with Crippen LogP contribution in [0.3, 0.4) is 0 Å². The van der Waals surface area contributed by atoms with Crippen molar-refractivity contribution in [3.8, 4) is 0 Å². The second-order valence-corrected chi connectivity index (χ2v) is 5.64. The maximum atomic E-state index is 13.0. The Balaban J connectivity index is 2.42. The molecule has 1 heterocycles. The smallest absolute Gasteiger partial charge is 0.340 e. The van der Waals surface area contributed by atoms with Gasteiger partial charge in [0, 0.05) is 12.4 Å². The third kappa shape index (κ3) is 4.20. The second kappa shape index (κ2) is 8.99. The number of hydrogen-bond donors (Lipinski definition) is 0. The average Bonchev–Trinajstić information content (AvgIpc) is 3.09. The molecular weight excluding hydrogens is 334 g/mol. The number of nitrogens with zero attached hydrogens (tertiary/aromatic N) is 1. The number of carbonyl (C=O) groups is 3. The van der Waals surface area contributed by atoms with Crippen LogP contribution in [0, 0.1) is 0 Å². The Bertz CT molecular complexity index is 743. The van der Waals surface area contributed by atoms with Crippen LogP contribution >= 0.6 is 0 Å². The summed E-state index contributed by atoms with van der Waals surface area (Å²) in [6, 6.07) is 9.39. The SMILES string of the molecule is CCOC(=O)c1cn(C(=O)C(CC)c2ccccc2)cc1C(=O)OCC. The van der Waals surface area contributed by atoms with Crippen LogP contribution in [0.4, 0.5) is 0 Å². The third-order valence-electron chi connectivity index (χ3n) is 3.98. The molecule has 26 heavy (non-hydrogen) atoms. The van der Waals surface area contributed by atoms with E-state index in [2.05, 4.69) is 0 Å². The Morgan fingerprint density at radius 3 is 1.81 bits per heavy atom. The van der Waals surface area contributed by atoms with Gasteiger partial charge in [-0.3, -0.25) is 9.36 Å². The molecule has 0 radical (unpaired) electrons. The largest absolute Gasteiger partial charge is 0.462 e. The van der Waals surface area contributed by atoms with E-state index < -0.39 is 11.9 Å². The molecule has 0 saturated heterocycles. The minimum absolute atomic E-state index is 0.0292. The lowest BCUT2D eigenvalue weighted by molar-refractivity contribution is 0.0480. The molecule has 0 amide bonds. The molecule has 1 atom stereocenters. The summed E-state index contributed by atoms with van der Waals surface area (Å²) < 4.78 is 11.3. The van der Waals surface area contributed by atoms with Crippen molar-refractivity contribution < 1.29 is 23.9 Å². The Hall–Kier alpha value is -2.89. The van der Waals surface area contributed by atoms with Gasteiger partial charge in [0.05, 0.1) is 30.3 Å². The topological polar surface area (TPSA) is 74.6 Å². The van der Waals surface area contributed by atoms with E-state index in [0.717, 1.165) is 5.56 Å². The lowest BCUT2D eigenvalue weighted by Crippen LogP contribution is -2.18. The Morgan fingerprint density at radius 1 is 0.885 bits per heavy atom. The summed E-state index contributed by atoms with van der Waals surface area (Å²) in [6.07, 6.45) is 3.28. The van der Waals surface area contributed by atoms with Gasteiger partial charge in [-0.15, -0.1) is 0 Å². The molecule has 0 aliphatic carbocycles. The molecule has 6 heteroatoms. The maximum Gasteiger partial charge on any atom is 0.340 e. The van der Waals surface area contributed by atoms with Crippen LogP contribution in [0.25, 0.3) is 0 Å². The van der Waals surface area contributed by atoms with Crippen LogP contribution in [0.1, 0.15) is 64.2 Å². The average molecular weight is 357 g/mol. The number of carbonyl (C=O) groups excluding carboxylic acids is 3. The maximum absolute atomic E-state index is 13.0. The van der Waals surface area contributed by atoms with E-state index in [0.29, 0.717) is 6.42 Å². The highest BCUT2D eigenvalue weighted by Crippen LogP contribution is 2.23. The van der Waals surface area contributed by atoms with Crippen LogP contribution in [0.5, 0.6) is 0 Å². The van der Waals surface area contributed by atoms with E-state index in [4.69, 9.17) is 9.47 Å². The summed E-state index contributed by atoms with van der Waals surface area (Å²) in [5.41, 5.74) is 0.937. The van der Waals surface area contributed by atoms with Gasteiger partial charge in [-0.1, -0.05) is 37.3 Å². The zero-order chi connectivity index (χ0) is 19.1. The summed E-state index contributed by atoms with van der Waals surface area (Å²) in [7, 11) is 0. The molecule has 1 aromatic heterocycles. The molecule has 138 valence electrons. The Labute approximate surface area is 152 Å². The minimum atomic E-state index is -0.658. The second-order valence-electron chi connectivity index (χ2n) is 5.64. The highest BCUT2D eigenvalue weighted by atomic mass is 16.5. The number of ether oxygens (including phenoxy) is 2. The normalized spacial score (nSPS) is 11.7. The fraction of sp³-hybridized carbons (Fsp3) is 0.350. The van der Waals surface area contributed by atoms with E-state index >= 15 is 0 Å². The molecule has 0 spiro atoms.